The van der Waals surface area contributed by atoms with Crippen molar-refractivity contribution in [2.75, 3.05) is 18.3 Å². The third-order valence-electron chi connectivity index (χ3n) is 3.98. The van der Waals surface area contributed by atoms with Gasteiger partial charge in [-0.1, -0.05) is 18.2 Å². The highest BCUT2D eigenvalue weighted by molar-refractivity contribution is 7.92. The Morgan fingerprint density at radius 3 is 2.46 bits per heavy atom. The Morgan fingerprint density at radius 1 is 1.19 bits per heavy atom. The standard InChI is InChI=1S/C18H23N3O3S.ClH/c1-13-6-4-8-16(10-13)20-25(23,24)17-9-5-7-15(11-17)18(22)21(3)14(2)12-19;/h4-11,14,20H,12,19H2,1-3H3;1H. The number of sulfonamides is 1. The molecule has 2 aromatic carbocycles. The Kier molecular flexibility index (Phi) is 7.62. The number of benzene rings is 2. The number of aryl methyl sites for hydroxylation is 1. The van der Waals surface area contributed by atoms with Crippen molar-refractivity contribution in [3.63, 3.8) is 0 Å². The van der Waals surface area contributed by atoms with Gasteiger partial charge in [0, 0.05) is 30.9 Å². The number of amides is 1. The molecule has 26 heavy (non-hydrogen) atoms. The summed E-state index contributed by atoms with van der Waals surface area (Å²) in [4.78, 5) is 14.0. The first-order valence-corrected chi connectivity index (χ1v) is 9.39. The predicted molar refractivity (Wildman–Crippen MR) is 106 cm³/mol. The molecule has 6 nitrogen and oxygen atoms in total. The van der Waals surface area contributed by atoms with Gasteiger partial charge in [0.2, 0.25) is 0 Å². The lowest BCUT2D eigenvalue weighted by Gasteiger charge is -2.23. The zero-order valence-corrected chi connectivity index (χ0v) is 16.6. The number of hydrogen-bond donors (Lipinski definition) is 2. The van der Waals surface area contributed by atoms with Crippen LogP contribution in [0.2, 0.25) is 0 Å². The van der Waals surface area contributed by atoms with Crippen LogP contribution < -0.4 is 10.5 Å². The number of hydrogen-bond acceptors (Lipinski definition) is 4. The van der Waals surface area contributed by atoms with Gasteiger partial charge in [-0.25, -0.2) is 8.42 Å². The number of nitrogens with one attached hydrogen (secondary N) is 1. The first-order chi connectivity index (χ1) is 11.7. The zero-order chi connectivity index (χ0) is 18.6. The maximum absolute atomic E-state index is 12.6. The smallest absolute Gasteiger partial charge is 0.261 e. The Morgan fingerprint density at radius 2 is 1.85 bits per heavy atom. The number of halogens is 1. The van der Waals surface area contributed by atoms with Crippen molar-refractivity contribution in [3.8, 4) is 0 Å². The lowest BCUT2D eigenvalue weighted by molar-refractivity contribution is 0.0748. The molecule has 142 valence electrons. The van der Waals surface area contributed by atoms with E-state index in [1.54, 1.807) is 37.4 Å². The predicted octanol–water partition coefficient (Wildman–Crippen LogP) is 2.64. The quantitative estimate of drug-likeness (QED) is 0.783. The van der Waals surface area contributed by atoms with Crippen molar-refractivity contribution < 1.29 is 13.2 Å². The van der Waals surface area contributed by atoms with Gasteiger partial charge in [-0.3, -0.25) is 9.52 Å². The topological polar surface area (TPSA) is 92.5 Å². The third kappa shape index (κ3) is 5.20. The van der Waals surface area contributed by atoms with Crippen molar-refractivity contribution in [1.29, 1.82) is 0 Å². The van der Waals surface area contributed by atoms with Gasteiger partial charge in [-0.2, -0.15) is 0 Å². The van der Waals surface area contributed by atoms with E-state index in [2.05, 4.69) is 4.72 Å². The summed E-state index contributed by atoms with van der Waals surface area (Å²) in [6.45, 7) is 4.04. The van der Waals surface area contributed by atoms with Gasteiger partial charge in [-0.15, -0.1) is 12.4 Å². The average molecular weight is 398 g/mol. The molecule has 3 N–H and O–H groups in total. The Bertz CT molecular complexity index is 871. The molecule has 0 saturated heterocycles. The molecule has 0 saturated carbocycles. The minimum absolute atomic E-state index is 0. The average Bonchev–Trinajstić information content (AvgIpc) is 2.59. The molecule has 0 aliphatic heterocycles. The molecular weight excluding hydrogens is 374 g/mol. The Balaban J connectivity index is 0.00000338. The molecule has 2 rings (SSSR count). The zero-order valence-electron chi connectivity index (χ0n) is 15.0. The summed E-state index contributed by atoms with van der Waals surface area (Å²) in [5, 5.41) is 0. The molecule has 0 aliphatic rings. The van der Waals surface area contributed by atoms with E-state index in [1.807, 2.05) is 19.9 Å². The fourth-order valence-corrected chi connectivity index (χ4v) is 3.38. The van der Waals surface area contributed by atoms with Gasteiger partial charge in [0.05, 0.1) is 4.90 Å². The fourth-order valence-electron chi connectivity index (χ4n) is 2.28. The molecule has 0 aliphatic carbocycles. The van der Waals surface area contributed by atoms with Crippen molar-refractivity contribution in [3.05, 3.63) is 59.7 Å². The second-order valence-electron chi connectivity index (χ2n) is 6.00. The number of anilines is 1. The van der Waals surface area contributed by atoms with Gasteiger partial charge in [0.15, 0.2) is 0 Å². The van der Waals surface area contributed by atoms with E-state index in [4.69, 9.17) is 5.73 Å². The summed E-state index contributed by atoms with van der Waals surface area (Å²) in [6, 6.07) is 12.9. The molecule has 1 amide bonds. The van der Waals surface area contributed by atoms with Crippen molar-refractivity contribution >= 4 is 34.0 Å². The molecule has 0 fully saturated rings. The van der Waals surface area contributed by atoms with Gasteiger partial charge < -0.3 is 10.6 Å². The summed E-state index contributed by atoms with van der Waals surface area (Å²) in [7, 11) is -2.14. The largest absolute Gasteiger partial charge is 0.338 e. The maximum atomic E-state index is 12.6. The second-order valence-corrected chi connectivity index (χ2v) is 7.69. The van der Waals surface area contributed by atoms with Crippen LogP contribution in [0.25, 0.3) is 0 Å². The monoisotopic (exact) mass is 397 g/mol. The summed E-state index contributed by atoms with van der Waals surface area (Å²) in [6.07, 6.45) is 0. The van der Waals surface area contributed by atoms with Crippen LogP contribution in [0.4, 0.5) is 5.69 Å². The fraction of sp³-hybridized carbons (Fsp3) is 0.278. The molecule has 8 heteroatoms. The van der Waals surface area contributed by atoms with Crippen molar-refractivity contribution in [1.82, 2.24) is 4.90 Å². The first kappa shape index (κ1) is 22.0. The van der Waals surface area contributed by atoms with Gasteiger partial charge >= 0.3 is 0 Å². The van der Waals surface area contributed by atoms with Crippen LogP contribution in [-0.4, -0.2) is 38.9 Å². The van der Waals surface area contributed by atoms with Gasteiger partial charge in [0.25, 0.3) is 15.9 Å². The van der Waals surface area contributed by atoms with E-state index in [9.17, 15) is 13.2 Å². The number of carbonyl (C=O) groups excluding carboxylic acids is 1. The lowest BCUT2D eigenvalue weighted by Crippen LogP contribution is -2.39. The molecule has 0 radical (unpaired) electrons. The van der Waals surface area contributed by atoms with Crippen molar-refractivity contribution in [2.24, 2.45) is 5.73 Å². The minimum Gasteiger partial charge on any atom is -0.338 e. The summed E-state index contributed by atoms with van der Waals surface area (Å²) in [5.41, 5.74) is 7.31. The van der Waals surface area contributed by atoms with E-state index in [0.29, 0.717) is 17.8 Å². The van der Waals surface area contributed by atoms with E-state index >= 15 is 0 Å². The number of nitrogens with two attached hydrogens (primary N) is 1. The lowest BCUT2D eigenvalue weighted by atomic mass is 10.2. The normalized spacial score (nSPS) is 12.0. The number of likely N-dealkylation sites (N-methyl/N-ethyl adjacent to an activating group) is 1. The molecule has 0 spiro atoms. The molecule has 0 aromatic heterocycles. The summed E-state index contributed by atoms with van der Waals surface area (Å²) < 4.78 is 27.7. The van der Waals surface area contributed by atoms with Gasteiger partial charge in [0.1, 0.15) is 0 Å². The van der Waals surface area contributed by atoms with Crippen LogP contribution in [0.3, 0.4) is 0 Å². The van der Waals surface area contributed by atoms with Crippen molar-refractivity contribution in [2.45, 2.75) is 24.8 Å². The molecule has 1 atom stereocenters. The van der Waals surface area contributed by atoms with Gasteiger partial charge in [-0.05, 0) is 49.7 Å². The first-order valence-electron chi connectivity index (χ1n) is 7.91. The maximum Gasteiger partial charge on any atom is 0.261 e. The molecule has 0 bridgehead atoms. The minimum atomic E-state index is -3.78. The number of carbonyl (C=O) groups is 1. The summed E-state index contributed by atoms with van der Waals surface area (Å²) in [5.74, 6) is -0.273. The van der Waals surface area contributed by atoms with Crippen LogP contribution in [0.15, 0.2) is 53.4 Å². The second kappa shape index (κ2) is 9.02. The van der Waals surface area contributed by atoms with Crippen LogP contribution in [0.1, 0.15) is 22.8 Å². The highest BCUT2D eigenvalue weighted by atomic mass is 35.5. The highest BCUT2D eigenvalue weighted by Gasteiger charge is 2.20. The molecule has 0 heterocycles. The highest BCUT2D eigenvalue weighted by Crippen LogP contribution is 2.19. The van der Waals surface area contributed by atoms with E-state index < -0.39 is 10.0 Å². The number of nitrogens with zero attached hydrogens (tertiary/aromatic N) is 1. The Labute approximate surface area is 160 Å². The summed E-state index contributed by atoms with van der Waals surface area (Å²) >= 11 is 0. The Hall–Kier alpha value is -2.09. The van der Waals surface area contributed by atoms with E-state index in [-0.39, 0.29) is 29.3 Å². The third-order valence-corrected chi connectivity index (χ3v) is 5.36. The van der Waals surface area contributed by atoms with Crippen LogP contribution in [-0.2, 0) is 10.0 Å². The van der Waals surface area contributed by atoms with Crippen LogP contribution >= 0.6 is 12.4 Å². The molecule has 1 unspecified atom stereocenters. The molecular formula is C18H24ClN3O3S. The number of rotatable bonds is 6. The van der Waals surface area contributed by atoms with Crippen LogP contribution in [0.5, 0.6) is 0 Å². The molecule has 2 aromatic rings. The van der Waals surface area contributed by atoms with Crippen LogP contribution in [0, 0.1) is 6.92 Å². The SMILES string of the molecule is Cc1cccc(NS(=O)(=O)c2cccc(C(=O)N(C)C(C)CN)c2)c1.Cl. The van der Waals surface area contributed by atoms with E-state index in [1.165, 1.54) is 17.0 Å². The van der Waals surface area contributed by atoms with E-state index in [0.717, 1.165) is 5.56 Å².